The average molecular weight is 280 g/mol. The summed E-state index contributed by atoms with van der Waals surface area (Å²) in [7, 11) is 0. The lowest BCUT2D eigenvalue weighted by Gasteiger charge is -2.35. The SMILES string of the molecule is C[C@@H]1CN(C(=O)CCNC(=O)c2ccco2)C[C@H](C)O1. The molecule has 6 heteroatoms. The molecule has 1 aliphatic heterocycles. The van der Waals surface area contributed by atoms with Gasteiger partial charge in [-0.3, -0.25) is 9.59 Å². The molecule has 110 valence electrons. The fourth-order valence-electron chi connectivity index (χ4n) is 2.32. The van der Waals surface area contributed by atoms with E-state index in [1.807, 2.05) is 13.8 Å². The maximum Gasteiger partial charge on any atom is 0.286 e. The summed E-state index contributed by atoms with van der Waals surface area (Å²) in [6.45, 7) is 5.42. The summed E-state index contributed by atoms with van der Waals surface area (Å²) in [5.74, 6) is -0.00988. The Bertz CT molecular complexity index is 448. The summed E-state index contributed by atoms with van der Waals surface area (Å²) in [4.78, 5) is 25.5. The summed E-state index contributed by atoms with van der Waals surface area (Å²) in [6, 6.07) is 3.24. The standard InChI is InChI=1S/C14H20N2O4/c1-10-8-16(9-11(2)20-10)13(17)5-6-15-14(18)12-4-3-7-19-12/h3-4,7,10-11H,5-6,8-9H2,1-2H3,(H,15,18)/t10-,11+. The van der Waals surface area contributed by atoms with Crippen LogP contribution in [-0.4, -0.2) is 48.6 Å². The van der Waals surface area contributed by atoms with Crippen LogP contribution in [0.5, 0.6) is 0 Å². The zero-order valence-corrected chi connectivity index (χ0v) is 11.8. The largest absolute Gasteiger partial charge is 0.459 e. The van der Waals surface area contributed by atoms with Gasteiger partial charge >= 0.3 is 0 Å². The summed E-state index contributed by atoms with van der Waals surface area (Å²) in [5, 5.41) is 2.67. The molecule has 1 aromatic rings. The molecule has 2 heterocycles. The third-order valence-electron chi connectivity index (χ3n) is 3.14. The van der Waals surface area contributed by atoms with Crippen LogP contribution in [0.3, 0.4) is 0 Å². The van der Waals surface area contributed by atoms with Crippen LogP contribution < -0.4 is 5.32 Å². The number of furan rings is 1. The van der Waals surface area contributed by atoms with Gasteiger partial charge in [-0.2, -0.15) is 0 Å². The van der Waals surface area contributed by atoms with Crippen molar-refractivity contribution in [1.82, 2.24) is 10.2 Å². The first kappa shape index (κ1) is 14.6. The summed E-state index contributed by atoms with van der Waals surface area (Å²) in [5.41, 5.74) is 0. The van der Waals surface area contributed by atoms with Crippen molar-refractivity contribution >= 4 is 11.8 Å². The number of hydrogen-bond acceptors (Lipinski definition) is 4. The number of amides is 2. The van der Waals surface area contributed by atoms with E-state index in [-0.39, 0.29) is 36.2 Å². The predicted molar refractivity (Wildman–Crippen MR) is 72.2 cm³/mol. The Labute approximate surface area is 118 Å². The molecule has 1 N–H and O–H groups in total. The average Bonchev–Trinajstić information content (AvgIpc) is 2.91. The van der Waals surface area contributed by atoms with Crippen molar-refractivity contribution in [2.24, 2.45) is 0 Å². The van der Waals surface area contributed by atoms with Crippen molar-refractivity contribution in [1.29, 1.82) is 0 Å². The van der Waals surface area contributed by atoms with Crippen LogP contribution in [-0.2, 0) is 9.53 Å². The minimum atomic E-state index is -0.300. The highest BCUT2D eigenvalue weighted by molar-refractivity contribution is 5.91. The first-order valence-electron chi connectivity index (χ1n) is 6.81. The molecule has 0 spiro atoms. The van der Waals surface area contributed by atoms with E-state index in [4.69, 9.17) is 9.15 Å². The second-order valence-electron chi connectivity index (χ2n) is 5.04. The summed E-state index contributed by atoms with van der Waals surface area (Å²) >= 11 is 0. The van der Waals surface area contributed by atoms with E-state index in [0.29, 0.717) is 19.6 Å². The lowest BCUT2D eigenvalue weighted by Crippen LogP contribution is -2.48. The van der Waals surface area contributed by atoms with Gasteiger partial charge in [0, 0.05) is 26.1 Å². The molecule has 2 amide bonds. The molecule has 0 aliphatic carbocycles. The van der Waals surface area contributed by atoms with Crippen LogP contribution in [0.4, 0.5) is 0 Å². The third kappa shape index (κ3) is 3.84. The van der Waals surface area contributed by atoms with Crippen LogP contribution >= 0.6 is 0 Å². The van der Waals surface area contributed by atoms with E-state index in [1.54, 1.807) is 17.0 Å². The molecule has 0 bridgehead atoms. The van der Waals surface area contributed by atoms with E-state index in [1.165, 1.54) is 6.26 Å². The van der Waals surface area contributed by atoms with Gasteiger partial charge in [0.25, 0.3) is 5.91 Å². The summed E-state index contributed by atoms with van der Waals surface area (Å²) < 4.78 is 10.6. The first-order valence-corrected chi connectivity index (χ1v) is 6.81. The Morgan fingerprint density at radius 2 is 2.05 bits per heavy atom. The number of carbonyl (C=O) groups excluding carboxylic acids is 2. The van der Waals surface area contributed by atoms with Gasteiger partial charge in [0.2, 0.25) is 5.91 Å². The second-order valence-corrected chi connectivity index (χ2v) is 5.04. The van der Waals surface area contributed by atoms with Gasteiger partial charge in [-0.05, 0) is 26.0 Å². The highest BCUT2D eigenvalue weighted by atomic mass is 16.5. The topological polar surface area (TPSA) is 71.8 Å². The van der Waals surface area contributed by atoms with Crippen molar-refractivity contribution in [3.63, 3.8) is 0 Å². The molecule has 2 rings (SSSR count). The van der Waals surface area contributed by atoms with Crippen LogP contribution in [0, 0.1) is 0 Å². The van der Waals surface area contributed by atoms with E-state index in [2.05, 4.69) is 5.32 Å². The van der Waals surface area contributed by atoms with Crippen molar-refractivity contribution < 1.29 is 18.7 Å². The van der Waals surface area contributed by atoms with E-state index in [9.17, 15) is 9.59 Å². The molecule has 1 fully saturated rings. The molecule has 6 nitrogen and oxygen atoms in total. The maximum absolute atomic E-state index is 12.1. The van der Waals surface area contributed by atoms with E-state index in [0.717, 1.165) is 0 Å². The number of rotatable bonds is 4. The molecule has 20 heavy (non-hydrogen) atoms. The van der Waals surface area contributed by atoms with Crippen molar-refractivity contribution in [3.8, 4) is 0 Å². The number of hydrogen-bond donors (Lipinski definition) is 1. The molecule has 1 aromatic heterocycles. The smallest absolute Gasteiger partial charge is 0.286 e. The lowest BCUT2D eigenvalue weighted by molar-refractivity contribution is -0.143. The molecule has 1 aliphatic rings. The number of nitrogens with one attached hydrogen (secondary N) is 1. The third-order valence-corrected chi connectivity index (χ3v) is 3.14. The van der Waals surface area contributed by atoms with E-state index >= 15 is 0 Å². The van der Waals surface area contributed by atoms with Gasteiger partial charge in [0.1, 0.15) is 0 Å². The first-order chi connectivity index (χ1) is 9.56. The fourth-order valence-corrected chi connectivity index (χ4v) is 2.32. The Kier molecular flexibility index (Phi) is 4.79. The molecule has 0 unspecified atom stereocenters. The molecule has 0 radical (unpaired) electrons. The highest BCUT2D eigenvalue weighted by Crippen LogP contribution is 2.11. The predicted octanol–water partition coefficient (Wildman–Crippen LogP) is 1.04. The highest BCUT2D eigenvalue weighted by Gasteiger charge is 2.25. The Hall–Kier alpha value is -1.82. The van der Waals surface area contributed by atoms with Crippen molar-refractivity contribution in [2.75, 3.05) is 19.6 Å². The molecule has 0 aromatic carbocycles. The number of carbonyl (C=O) groups is 2. The number of morpholine rings is 1. The van der Waals surface area contributed by atoms with Crippen LogP contribution in [0.1, 0.15) is 30.8 Å². The minimum Gasteiger partial charge on any atom is -0.459 e. The van der Waals surface area contributed by atoms with Gasteiger partial charge in [-0.25, -0.2) is 0 Å². The zero-order valence-electron chi connectivity index (χ0n) is 11.8. The van der Waals surface area contributed by atoms with Crippen LogP contribution in [0.15, 0.2) is 22.8 Å². The molecule has 1 saturated heterocycles. The minimum absolute atomic E-state index is 0.0340. The fraction of sp³-hybridized carbons (Fsp3) is 0.571. The Morgan fingerprint density at radius 1 is 1.35 bits per heavy atom. The number of nitrogens with zero attached hydrogens (tertiary/aromatic N) is 1. The van der Waals surface area contributed by atoms with Crippen LogP contribution in [0.25, 0.3) is 0 Å². The van der Waals surface area contributed by atoms with Gasteiger partial charge in [-0.15, -0.1) is 0 Å². The van der Waals surface area contributed by atoms with Crippen LogP contribution in [0.2, 0.25) is 0 Å². The van der Waals surface area contributed by atoms with Gasteiger partial charge < -0.3 is 19.4 Å². The lowest BCUT2D eigenvalue weighted by atomic mass is 10.2. The Morgan fingerprint density at radius 3 is 2.65 bits per heavy atom. The van der Waals surface area contributed by atoms with Gasteiger partial charge in [0.05, 0.1) is 18.5 Å². The zero-order chi connectivity index (χ0) is 14.5. The molecular weight excluding hydrogens is 260 g/mol. The normalized spacial score (nSPS) is 22.6. The maximum atomic E-state index is 12.1. The monoisotopic (exact) mass is 280 g/mol. The van der Waals surface area contributed by atoms with E-state index < -0.39 is 0 Å². The molecular formula is C14H20N2O4. The summed E-state index contributed by atoms with van der Waals surface area (Å²) in [6.07, 6.45) is 1.84. The quantitative estimate of drug-likeness (QED) is 0.894. The molecule has 0 saturated carbocycles. The van der Waals surface area contributed by atoms with Crippen molar-refractivity contribution in [2.45, 2.75) is 32.5 Å². The Balaban J connectivity index is 1.73. The van der Waals surface area contributed by atoms with Gasteiger partial charge in [0.15, 0.2) is 5.76 Å². The second kappa shape index (κ2) is 6.56. The molecule has 2 atom stereocenters. The number of ether oxygens (including phenoxy) is 1. The van der Waals surface area contributed by atoms with Gasteiger partial charge in [-0.1, -0.05) is 0 Å². The van der Waals surface area contributed by atoms with Crippen molar-refractivity contribution in [3.05, 3.63) is 24.2 Å².